The molecule has 0 amide bonds. The van der Waals surface area contributed by atoms with E-state index >= 15 is 0 Å². The average molecular weight is 605 g/mol. The summed E-state index contributed by atoms with van der Waals surface area (Å²) in [7, 11) is 0. The molecule has 0 aromatic heterocycles. The number of para-hydroxylation sites is 1. The monoisotopic (exact) mass is 604 g/mol. The second kappa shape index (κ2) is 9.17. The van der Waals surface area contributed by atoms with Crippen molar-refractivity contribution < 1.29 is 19.3 Å². The molecule has 1 spiro atoms. The van der Waals surface area contributed by atoms with Crippen LogP contribution in [0.4, 0.5) is 11.4 Å². The van der Waals surface area contributed by atoms with E-state index in [1.165, 1.54) is 18.2 Å². The van der Waals surface area contributed by atoms with E-state index < -0.39 is 34.1 Å². The van der Waals surface area contributed by atoms with Crippen LogP contribution in [0.1, 0.15) is 48.1 Å². The normalized spacial score (nSPS) is 21.5. The molecule has 1 aliphatic carbocycles. The Bertz CT molecular complexity index is 1790. The fourth-order valence-electron chi connectivity index (χ4n) is 6.90. The molecular weight excluding hydrogens is 584 g/mol. The lowest BCUT2D eigenvalue weighted by atomic mass is 9.64. The van der Waals surface area contributed by atoms with Gasteiger partial charge in [0, 0.05) is 44.9 Å². The van der Waals surface area contributed by atoms with Crippen molar-refractivity contribution in [2.75, 3.05) is 4.90 Å². The molecule has 41 heavy (non-hydrogen) atoms. The summed E-state index contributed by atoms with van der Waals surface area (Å²) in [4.78, 5) is 56.8. The third kappa shape index (κ3) is 3.47. The van der Waals surface area contributed by atoms with Gasteiger partial charge in [0.1, 0.15) is 11.5 Å². The number of ketones is 3. The molecule has 3 aliphatic rings. The van der Waals surface area contributed by atoms with Gasteiger partial charge in [-0.1, -0.05) is 94.8 Å². The number of carbonyl (C=O) groups is 3. The Morgan fingerprint density at radius 1 is 0.854 bits per heavy atom. The Labute approximate surface area is 243 Å². The van der Waals surface area contributed by atoms with Crippen molar-refractivity contribution in [3.8, 4) is 0 Å². The van der Waals surface area contributed by atoms with Gasteiger partial charge in [-0.3, -0.25) is 24.5 Å². The van der Waals surface area contributed by atoms with Crippen LogP contribution in [-0.2, 0) is 0 Å². The van der Waals surface area contributed by atoms with Crippen LogP contribution in [0.15, 0.2) is 108 Å². The molecule has 2 heterocycles. The molecule has 200 valence electrons. The lowest BCUT2D eigenvalue weighted by molar-refractivity contribution is -0.384. The standard InChI is InChI=1S/C33H21BrN2O5/c34-22-15-12-20(13-16-22)28-29(30(37)21-7-5-8-23(18-21)36(40)41)35-26-11-4-1-6-19(26)14-17-27(35)33(28)31(38)24-9-2-3-10-25(24)32(33)39/h1-18,27-29H/t27-,28-,29-/m0/s1. The highest BCUT2D eigenvalue weighted by Crippen LogP contribution is 2.61. The Morgan fingerprint density at radius 3 is 2.20 bits per heavy atom. The van der Waals surface area contributed by atoms with Crippen LogP contribution < -0.4 is 4.90 Å². The summed E-state index contributed by atoms with van der Waals surface area (Å²) in [5.41, 5.74) is 1.23. The van der Waals surface area contributed by atoms with Gasteiger partial charge < -0.3 is 4.90 Å². The van der Waals surface area contributed by atoms with Crippen LogP contribution in [0.25, 0.3) is 6.08 Å². The van der Waals surface area contributed by atoms with E-state index in [4.69, 9.17) is 0 Å². The molecule has 2 aliphatic heterocycles. The van der Waals surface area contributed by atoms with E-state index in [-0.39, 0.29) is 22.8 Å². The summed E-state index contributed by atoms with van der Waals surface area (Å²) in [5.74, 6) is -1.92. The lowest BCUT2D eigenvalue weighted by Gasteiger charge is -2.37. The van der Waals surface area contributed by atoms with E-state index in [2.05, 4.69) is 15.9 Å². The van der Waals surface area contributed by atoms with Crippen LogP contribution in [0.3, 0.4) is 0 Å². The highest BCUT2D eigenvalue weighted by atomic mass is 79.9. The number of fused-ring (bicyclic) bond motifs is 5. The molecule has 0 bridgehead atoms. The fraction of sp³-hybridized carbons (Fsp3) is 0.121. The average Bonchev–Trinajstić information content (AvgIpc) is 3.43. The predicted molar refractivity (Wildman–Crippen MR) is 157 cm³/mol. The molecule has 8 heteroatoms. The number of nitro benzene ring substituents is 1. The van der Waals surface area contributed by atoms with Crippen molar-refractivity contribution in [1.29, 1.82) is 0 Å². The molecule has 1 fully saturated rings. The Kier molecular flexibility index (Phi) is 5.66. The topological polar surface area (TPSA) is 97.6 Å². The maximum atomic E-state index is 14.6. The van der Waals surface area contributed by atoms with Gasteiger partial charge in [-0.15, -0.1) is 0 Å². The van der Waals surface area contributed by atoms with Gasteiger partial charge in [-0.05, 0) is 29.3 Å². The van der Waals surface area contributed by atoms with Crippen LogP contribution in [0.5, 0.6) is 0 Å². The summed E-state index contributed by atoms with van der Waals surface area (Å²) in [6.07, 6.45) is 3.76. The largest absolute Gasteiger partial charge is 0.352 e. The predicted octanol–water partition coefficient (Wildman–Crippen LogP) is 6.67. The van der Waals surface area contributed by atoms with E-state index in [9.17, 15) is 24.5 Å². The van der Waals surface area contributed by atoms with Crippen LogP contribution in [0, 0.1) is 15.5 Å². The van der Waals surface area contributed by atoms with E-state index in [1.807, 2.05) is 65.6 Å². The third-order valence-electron chi connectivity index (χ3n) is 8.55. The summed E-state index contributed by atoms with van der Waals surface area (Å²) >= 11 is 3.47. The maximum absolute atomic E-state index is 14.6. The van der Waals surface area contributed by atoms with Gasteiger partial charge in [-0.2, -0.15) is 0 Å². The van der Waals surface area contributed by atoms with Crippen LogP contribution >= 0.6 is 15.9 Å². The fourth-order valence-corrected chi connectivity index (χ4v) is 7.17. The number of Topliss-reactive ketones (excluding diaryl/α,β-unsaturated/α-hetero) is 3. The Hall–Kier alpha value is -4.69. The van der Waals surface area contributed by atoms with Crippen molar-refractivity contribution in [3.63, 3.8) is 0 Å². The van der Waals surface area contributed by atoms with Gasteiger partial charge in [0.2, 0.25) is 0 Å². The molecule has 7 nitrogen and oxygen atoms in total. The first-order valence-corrected chi connectivity index (χ1v) is 13.9. The molecule has 0 unspecified atom stereocenters. The summed E-state index contributed by atoms with van der Waals surface area (Å²) in [5, 5.41) is 11.6. The van der Waals surface area contributed by atoms with Crippen molar-refractivity contribution in [3.05, 3.63) is 146 Å². The van der Waals surface area contributed by atoms with E-state index in [0.29, 0.717) is 16.7 Å². The van der Waals surface area contributed by atoms with Gasteiger partial charge in [0.25, 0.3) is 5.69 Å². The number of hydrogen-bond acceptors (Lipinski definition) is 6. The maximum Gasteiger partial charge on any atom is 0.270 e. The Morgan fingerprint density at radius 2 is 1.51 bits per heavy atom. The smallest absolute Gasteiger partial charge is 0.270 e. The number of non-ortho nitro benzene ring substituents is 1. The number of nitrogens with zero attached hydrogens (tertiary/aromatic N) is 2. The van der Waals surface area contributed by atoms with E-state index in [0.717, 1.165) is 15.7 Å². The molecule has 0 N–H and O–H groups in total. The Balaban J connectivity index is 1.54. The molecule has 4 aromatic carbocycles. The molecule has 1 saturated heterocycles. The molecule has 3 atom stereocenters. The number of carbonyl (C=O) groups excluding carboxylic acids is 3. The minimum absolute atomic E-state index is 0.143. The molecule has 4 aromatic rings. The second-order valence-corrected chi connectivity index (χ2v) is 11.4. The number of anilines is 1. The zero-order valence-electron chi connectivity index (χ0n) is 21.4. The molecular formula is C33H21BrN2O5. The third-order valence-corrected chi connectivity index (χ3v) is 9.08. The first kappa shape index (κ1) is 25.3. The van der Waals surface area contributed by atoms with Crippen molar-refractivity contribution in [2.24, 2.45) is 5.41 Å². The van der Waals surface area contributed by atoms with E-state index in [1.54, 1.807) is 30.3 Å². The van der Waals surface area contributed by atoms with Gasteiger partial charge >= 0.3 is 0 Å². The molecule has 0 saturated carbocycles. The number of hydrogen-bond donors (Lipinski definition) is 0. The molecule has 7 rings (SSSR count). The zero-order valence-corrected chi connectivity index (χ0v) is 23.0. The van der Waals surface area contributed by atoms with Gasteiger partial charge in [-0.25, -0.2) is 0 Å². The minimum atomic E-state index is -1.62. The minimum Gasteiger partial charge on any atom is -0.352 e. The summed E-state index contributed by atoms with van der Waals surface area (Å²) in [6.45, 7) is 0. The number of rotatable bonds is 4. The van der Waals surface area contributed by atoms with Gasteiger partial charge in [0.15, 0.2) is 17.3 Å². The first-order chi connectivity index (χ1) is 19.8. The van der Waals surface area contributed by atoms with Crippen molar-refractivity contribution >= 4 is 50.7 Å². The summed E-state index contributed by atoms with van der Waals surface area (Å²) in [6, 6.07) is 25.6. The number of nitro groups is 1. The highest BCUT2D eigenvalue weighted by Gasteiger charge is 2.71. The number of benzene rings is 4. The summed E-state index contributed by atoms with van der Waals surface area (Å²) < 4.78 is 0.810. The van der Waals surface area contributed by atoms with Crippen molar-refractivity contribution in [1.82, 2.24) is 0 Å². The number of halogens is 1. The van der Waals surface area contributed by atoms with Crippen LogP contribution in [-0.4, -0.2) is 34.4 Å². The van der Waals surface area contributed by atoms with Gasteiger partial charge in [0.05, 0.1) is 11.0 Å². The highest BCUT2D eigenvalue weighted by molar-refractivity contribution is 9.10. The first-order valence-electron chi connectivity index (χ1n) is 13.1. The lowest BCUT2D eigenvalue weighted by Crippen LogP contribution is -2.48. The quantitative estimate of drug-likeness (QED) is 0.112. The zero-order chi connectivity index (χ0) is 28.5. The SMILES string of the molecule is O=C(c1cccc([N+](=O)[O-])c1)[C@@H]1[C@H](c2ccc(Br)cc2)C2(C(=O)c3ccccc3C2=O)[C@@H]2C=Cc3ccccc3N12. The van der Waals surface area contributed by atoms with Crippen LogP contribution in [0.2, 0.25) is 0 Å². The second-order valence-electron chi connectivity index (χ2n) is 10.5. The van der Waals surface area contributed by atoms with Crippen molar-refractivity contribution in [2.45, 2.75) is 18.0 Å². The molecule has 0 radical (unpaired) electrons.